The number of pyridine rings is 1. The molecule has 50 heavy (non-hydrogen) atoms. The van der Waals surface area contributed by atoms with E-state index in [1.807, 2.05) is 67.0 Å². The Hall–Kier alpha value is -6.79. The minimum absolute atomic E-state index is 0.469. The second-order valence-corrected chi connectivity index (χ2v) is 12.5. The predicted molar refractivity (Wildman–Crippen MR) is 203 cm³/mol. The number of hydrogen-bond acceptors (Lipinski definition) is 5. The monoisotopic (exact) mass is 643 g/mol. The van der Waals surface area contributed by atoms with Crippen molar-refractivity contribution in [3.63, 3.8) is 0 Å². The van der Waals surface area contributed by atoms with Gasteiger partial charge in [0.05, 0.1) is 17.2 Å². The molecule has 1 N–H and O–H groups in total. The number of nitrogens with zero attached hydrogens (tertiary/aromatic N) is 4. The fourth-order valence-electron chi connectivity index (χ4n) is 7.23. The number of amidine groups is 2. The maximum atomic E-state index is 6.46. The summed E-state index contributed by atoms with van der Waals surface area (Å²) in [5.74, 6) is 1.57. The van der Waals surface area contributed by atoms with E-state index in [4.69, 9.17) is 14.4 Å². The van der Waals surface area contributed by atoms with Crippen LogP contribution in [0.3, 0.4) is 0 Å². The number of furan rings is 1. The zero-order valence-electron chi connectivity index (χ0n) is 26.9. The number of hydrogen-bond donors (Lipinski definition) is 1. The molecule has 0 amide bonds. The molecule has 6 nitrogen and oxygen atoms in total. The van der Waals surface area contributed by atoms with Crippen LogP contribution in [0, 0.1) is 0 Å². The van der Waals surface area contributed by atoms with Gasteiger partial charge in [0.2, 0.25) is 0 Å². The lowest BCUT2D eigenvalue weighted by Gasteiger charge is -2.22. The lowest BCUT2D eigenvalue weighted by Crippen LogP contribution is -2.36. The molecular formula is C44H29N5O. The molecule has 0 saturated heterocycles. The SMILES string of the molecule is c1ccc(C2=NC(c3cccc4oc5ccc(-c6ccc7c(c6)c6ccncc6n7-c6ccccc6)cc5c34)N=C(c3ccccc3)N2)cc1. The van der Waals surface area contributed by atoms with Crippen LogP contribution in [0.15, 0.2) is 178 Å². The molecule has 9 aromatic rings. The Labute approximate surface area is 287 Å². The van der Waals surface area contributed by atoms with E-state index in [1.165, 1.54) is 10.8 Å². The largest absolute Gasteiger partial charge is 0.456 e. The fraction of sp³-hybridized carbons (Fsp3) is 0.0227. The number of para-hydroxylation sites is 1. The Kier molecular flexibility index (Phi) is 6.45. The van der Waals surface area contributed by atoms with Gasteiger partial charge in [-0.25, -0.2) is 9.98 Å². The van der Waals surface area contributed by atoms with Crippen LogP contribution in [-0.2, 0) is 0 Å². The molecular weight excluding hydrogens is 615 g/mol. The Morgan fingerprint density at radius 3 is 1.90 bits per heavy atom. The topological polar surface area (TPSA) is 67.7 Å². The van der Waals surface area contributed by atoms with Gasteiger partial charge in [0.1, 0.15) is 22.8 Å². The minimum atomic E-state index is -0.469. The van der Waals surface area contributed by atoms with Gasteiger partial charge >= 0.3 is 0 Å². The number of aliphatic imine (C=N–C) groups is 2. The third-order valence-electron chi connectivity index (χ3n) is 9.56. The Morgan fingerprint density at radius 2 is 1.18 bits per heavy atom. The van der Waals surface area contributed by atoms with E-state index in [9.17, 15) is 0 Å². The van der Waals surface area contributed by atoms with E-state index in [0.717, 1.165) is 78.1 Å². The lowest BCUT2D eigenvalue weighted by molar-refractivity contribution is 0.667. The lowest BCUT2D eigenvalue weighted by atomic mass is 9.98. The second-order valence-electron chi connectivity index (χ2n) is 12.5. The number of aromatic nitrogens is 2. The van der Waals surface area contributed by atoms with Gasteiger partial charge in [-0.1, -0.05) is 103 Å². The van der Waals surface area contributed by atoms with Crippen molar-refractivity contribution in [2.24, 2.45) is 9.98 Å². The predicted octanol–water partition coefficient (Wildman–Crippen LogP) is 10.2. The van der Waals surface area contributed by atoms with Crippen molar-refractivity contribution in [2.45, 2.75) is 6.17 Å². The summed E-state index contributed by atoms with van der Waals surface area (Å²) in [5, 5.41) is 7.92. The van der Waals surface area contributed by atoms with E-state index < -0.39 is 6.17 Å². The first kappa shape index (κ1) is 28.2. The van der Waals surface area contributed by atoms with Crippen LogP contribution in [0.5, 0.6) is 0 Å². The Bertz CT molecular complexity index is 2720. The van der Waals surface area contributed by atoms with Gasteiger partial charge in [0.15, 0.2) is 6.17 Å². The maximum Gasteiger partial charge on any atom is 0.170 e. The van der Waals surface area contributed by atoms with Crippen LogP contribution in [0.2, 0.25) is 0 Å². The van der Waals surface area contributed by atoms with E-state index >= 15 is 0 Å². The highest BCUT2D eigenvalue weighted by Crippen LogP contribution is 2.40. The van der Waals surface area contributed by atoms with Gasteiger partial charge in [0, 0.05) is 50.1 Å². The second kappa shape index (κ2) is 11.4. The van der Waals surface area contributed by atoms with E-state index in [0.29, 0.717) is 0 Å². The normalized spacial score (nSPS) is 13.5. The van der Waals surface area contributed by atoms with Gasteiger partial charge in [-0.2, -0.15) is 0 Å². The van der Waals surface area contributed by atoms with Crippen molar-refractivity contribution in [1.29, 1.82) is 0 Å². The summed E-state index contributed by atoms with van der Waals surface area (Å²) in [4.78, 5) is 14.8. The molecule has 1 aliphatic heterocycles. The van der Waals surface area contributed by atoms with Crippen molar-refractivity contribution < 1.29 is 4.42 Å². The number of nitrogens with one attached hydrogen (secondary N) is 1. The quantitative estimate of drug-likeness (QED) is 0.203. The Balaban J connectivity index is 1.14. The third kappa shape index (κ3) is 4.61. The molecule has 236 valence electrons. The molecule has 10 rings (SSSR count). The molecule has 4 heterocycles. The summed E-state index contributed by atoms with van der Waals surface area (Å²) in [6.45, 7) is 0. The first-order chi connectivity index (χ1) is 24.8. The average Bonchev–Trinajstić information content (AvgIpc) is 3.74. The van der Waals surface area contributed by atoms with Crippen molar-refractivity contribution in [1.82, 2.24) is 14.9 Å². The van der Waals surface area contributed by atoms with Gasteiger partial charge in [0.25, 0.3) is 0 Å². The minimum Gasteiger partial charge on any atom is -0.456 e. The molecule has 0 saturated carbocycles. The van der Waals surface area contributed by atoms with Crippen molar-refractivity contribution in [3.05, 3.63) is 181 Å². The van der Waals surface area contributed by atoms with Gasteiger partial charge < -0.3 is 14.3 Å². The number of benzene rings is 6. The summed E-state index contributed by atoms with van der Waals surface area (Å²) in [5.41, 5.74) is 10.2. The standard InChI is InChI=1S/C44H29N5O/c1-4-11-28(12-5-1)42-46-43(29-13-6-2-7-14-29)48-44(47-42)34-17-10-18-40-41(34)36-26-31(20-22-39(36)50-40)30-19-21-37-35(25-30)33-23-24-45-27-38(33)49(37)32-15-8-3-9-16-32/h1-27,44H,(H,46,47,48). The molecule has 0 fully saturated rings. The van der Waals surface area contributed by atoms with Crippen LogP contribution >= 0.6 is 0 Å². The molecule has 0 spiro atoms. The Morgan fingerprint density at radius 1 is 0.520 bits per heavy atom. The third-order valence-corrected chi connectivity index (χ3v) is 9.56. The molecule has 1 aliphatic rings. The van der Waals surface area contributed by atoms with Crippen LogP contribution in [0.4, 0.5) is 0 Å². The first-order valence-corrected chi connectivity index (χ1v) is 16.7. The smallest absolute Gasteiger partial charge is 0.170 e. The average molecular weight is 644 g/mol. The number of fused-ring (bicyclic) bond motifs is 6. The summed E-state index contributed by atoms with van der Waals surface area (Å²) >= 11 is 0. The van der Waals surface area contributed by atoms with Gasteiger partial charge in [-0.05, 0) is 59.7 Å². The highest BCUT2D eigenvalue weighted by molar-refractivity contribution is 6.16. The molecule has 6 aromatic carbocycles. The van der Waals surface area contributed by atoms with Crippen molar-refractivity contribution >= 4 is 55.4 Å². The fourth-order valence-corrected chi connectivity index (χ4v) is 7.23. The molecule has 3 aromatic heterocycles. The maximum absolute atomic E-state index is 6.46. The van der Waals surface area contributed by atoms with Crippen LogP contribution in [0.1, 0.15) is 22.9 Å². The van der Waals surface area contributed by atoms with E-state index in [2.05, 4.69) is 112 Å². The van der Waals surface area contributed by atoms with Gasteiger partial charge in [-0.3, -0.25) is 4.98 Å². The van der Waals surface area contributed by atoms with Gasteiger partial charge in [-0.15, -0.1) is 0 Å². The van der Waals surface area contributed by atoms with Crippen LogP contribution < -0.4 is 5.32 Å². The van der Waals surface area contributed by atoms with Crippen LogP contribution in [-0.4, -0.2) is 21.2 Å². The zero-order chi connectivity index (χ0) is 33.0. The molecule has 0 radical (unpaired) electrons. The van der Waals surface area contributed by atoms with Crippen LogP contribution in [0.25, 0.3) is 60.6 Å². The van der Waals surface area contributed by atoms with E-state index in [1.54, 1.807) is 0 Å². The summed E-state index contributed by atoms with van der Waals surface area (Å²) in [6.07, 6.45) is 3.35. The molecule has 6 heteroatoms. The zero-order valence-corrected chi connectivity index (χ0v) is 26.9. The molecule has 0 unspecified atom stereocenters. The van der Waals surface area contributed by atoms with Crippen molar-refractivity contribution in [3.8, 4) is 16.8 Å². The molecule has 0 aliphatic carbocycles. The number of rotatable bonds is 5. The summed E-state index contributed by atoms with van der Waals surface area (Å²) in [7, 11) is 0. The summed E-state index contributed by atoms with van der Waals surface area (Å²) in [6, 6.07) is 52.4. The van der Waals surface area contributed by atoms with E-state index in [-0.39, 0.29) is 0 Å². The highest BCUT2D eigenvalue weighted by Gasteiger charge is 2.24. The summed E-state index contributed by atoms with van der Waals surface area (Å²) < 4.78 is 8.74. The first-order valence-electron chi connectivity index (χ1n) is 16.7. The molecule has 0 atom stereocenters. The van der Waals surface area contributed by atoms with Crippen molar-refractivity contribution in [2.75, 3.05) is 0 Å². The molecule has 0 bridgehead atoms. The highest BCUT2D eigenvalue weighted by atomic mass is 16.3.